The highest BCUT2D eigenvalue weighted by molar-refractivity contribution is 6.25. The summed E-state index contributed by atoms with van der Waals surface area (Å²) in [5.74, 6) is 0. The lowest BCUT2D eigenvalue weighted by atomic mass is 9.94. The van der Waals surface area contributed by atoms with E-state index in [-0.39, 0.29) is 0 Å². The van der Waals surface area contributed by atoms with Gasteiger partial charge in [-0.1, -0.05) is 152 Å². The van der Waals surface area contributed by atoms with Gasteiger partial charge < -0.3 is 13.9 Å². The minimum absolute atomic E-state index is 0.872. The molecule has 0 saturated heterocycles. The van der Waals surface area contributed by atoms with Crippen LogP contribution < -0.4 is 4.90 Å². The zero-order valence-corrected chi connectivity index (χ0v) is 32.1. The van der Waals surface area contributed by atoms with Gasteiger partial charge in [0.15, 0.2) is 0 Å². The number of aromatic nitrogens is 1. The van der Waals surface area contributed by atoms with Gasteiger partial charge in [0.05, 0.1) is 16.7 Å². The molecular formula is C56H36N2O. The third-order valence-corrected chi connectivity index (χ3v) is 12.0. The summed E-state index contributed by atoms with van der Waals surface area (Å²) >= 11 is 0. The van der Waals surface area contributed by atoms with E-state index in [9.17, 15) is 0 Å². The highest BCUT2D eigenvalue weighted by Gasteiger charge is 2.20. The lowest BCUT2D eigenvalue weighted by Gasteiger charge is -2.27. The summed E-state index contributed by atoms with van der Waals surface area (Å²) in [6, 6.07) is 78.7. The van der Waals surface area contributed by atoms with Crippen molar-refractivity contribution in [3.63, 3.8) is 0 Å². The fraction of sp³-hybridized carbons (Fsp3) is 0. The topological polar surface area (TPSA) is 21.3 Å². The van der Waals surface area contributed by atoms with E-state index in [1.54, 1.807) is 0 Å². The molecular weight excluding hydrogens is 717 g/mol. The van der Waals surface area contributed by atoms with Gasteiger partial charge in [-0.15, -0.1) is 0 Å². The molecule has 2 heterocycles. The predicted molar refractivity (Wildman–Crippen MR) is 249 cm³/mol. The van der Waals surface area contributed by atoms with Crippen molar-refractivity contribution in [3.8, 4) is 27.9 Å². The number of nitrogens with zero attached hydrogens (tertiary/aromatic N) is 2. The minimum atomic E-state index is 0.872. The first kappa shape index (κ1) is 33.3. The molecule has 0 fully saturated rings. The molecule has 0 unspecified atom stereocenters. The van der Waals surface area contributed by atoms with Crippen molar-refractivity contribution in [3.05, 3.63) is 218 Å². The number of hydrogen-bond donors (Lipinski definition) is 0. The van der Waals surface area contributed by atoms with Gasteiger partial charge >= 0.3 is 0 Å². The first-order chi connectivity index (χ1) is 29.3. The molecule has 276 valence electrons. The van der Waals surface area contributed by atoms with Crippen LogP contribution in [0.2, 0.25) is 0 Å². The molecule has 0 radical (unpaired) electrons. The molecule has 12 rings (SSSR count). The van der Waals surface area contributed by atoms with E-state index < -0.39 is 0 Å². The van der Waals surface area contributed by atoms with Gasteiger partial charge in [0.2, 0.25) is 0 Å². The van der Waals surface area contributed by atoms with Crippen LogP contribution in [0.3, 0.4) is 0 Å². The molecule has 0 aliphatic carbocycles. The van der Waals surface area contributed by atoms with E-state index in [4.69, 9.17) is 4.42 Å². The SMILES string of the molecule is c1ccc(-c2cccc3ccc4c(c5ccccc5n4-c4cccc(-c5ccc(N(c6ccc7c(c6)oc6ccccc67)c6cccc7ccccc67)cc5)c4)c23)cc1. The Labute approximate surface area is 341 Å². The van der Waals surface area contributed by atoms with E-state index in [1.807, 2.05) is 12.1 Å². The highest BCUT2D eigenvalue weighted by atomic mass is 16.3. The van der Waals surface area contributed by atoms with Gasteiger partial charge in [-0.2, -0.15) is 0 Å². The van der Waals surface area contributed by atoms with E-state index in [1.165, 1.54) is 54.5 Å². The Morgan fingerprint density at radius 2 is 1.03 bits per heavy atom. The summed E-state index contributed by atoms with van der Waals surface area (Å²) in [5.41, 5.74) is 13.3. The van der Waals surface area contributed by atoms with Gasteiger partial charge in [0, 0.05) is 50.1 Å². The van der Waals surface area contributed by atoms with Crippen LogP contribution in [-0.4, -0.2) is 4.57 Å². The van der Waals surface area contributed by atoms with Crippen molar-refractivity contribution in [1.82, 2.24) is 4.57 Å². The van der Waals surface area contributed by atoms with Crippen LogP contribution in [0.5, 0.6) is 0 Å². The zero-order chi connectivity index (χ0) is 38.9. The summed E-state index contributed by atoms with van der Waals surface area (Å²) in [5, 5.41) is 9.68. The average molecular weight is 753 g/mol. The third kappa shape index (κ3) is 5.36. The van der Waals surface area contributed by atoms with E-state index in [0.717, 1.165) is 55.8 Å². The molecule has 10 aromatic carbocycles. The number of fused-ring (bicyclic) bond motifs is 9. The molecule has 3 heteroatoms. The van der Waals surface area contributed by atoms with Crippen LogP contribution in [0, 0.1) is 0 Å². The van der Waals surface area contributed by atoms with E-state index in [2.05, 4.69) is 216 Å². The Morgan fingerprint density at radius 1 is 0.356 bits per heavy atom. The largest absolute Gasteiger partial charge is 0.456 e. The Bertz CT molecular complexity index is 3550. The lowest BCUT2D eigenvalue weighted by molar-refractivity contribution is 0.669. The molecule has 0 atom stereocenters. The van der Waals surface area contributed by atoms with Crippen molar-refractivity contribution in [1.29, 1.82) is 0 Å². The molecule has 0 spiro atoms. The average Bonchev–Trinajstić information content (AvgIpc) is 3.85. The fourth-order valence-electron chi connectivity index (χ4n) is 9.29. The van der Waals surface area contributed by atoms with E-state index in [0.29, 0.717) is 0 Å². The molecule has 0 bridgehead atoms. The van der Waals surface area contributed by atoms with Crippen LogP contribution in [0.15, 0.2) is 223 Å². The molecule has 59 heavy (non-hydrogen) atoms. The molecule has 12 aromatic rings. The second kappa shape index (κ2) is 13.4. The maximum atomic E-state index is 6.39. The van der Waals surface area contributed by atoms with Crippen LogP contribution in [-0.2, 0) is 0 Å². The number of furan rings is 1. The first-order valence-corrected chi connectivity index (χ1v) is 20.2. The van der Waals surface area contributed by atoms with E-state index >= 15 is 0 Å². The molecule has 0 N–H and O–H groups in total. The Kier molecular flexibility index (Phi) is 7.54. The molecule has 0 amide bonds. The molecule has 0 aliphatic rings. The summed E-state index contributed by atoms with van der Waals surface area (Å²) in [6.45, 7) is 0. The molecule has 0 aliphatic heterocycles. The summed E-state index contributed by atoms with van der Waals surface area (Å²) in [4.78, 5) is 2.35. The molecule has 2 aromatic heterocycles. The Hall–Kier alpha value is -7.88. The number of anilines is 3. The minimum Gasteiger partial charge on any atom is -0.456 e. The third-order valence-electron chi connectivity index (χ3n) is 12.0. The van der Waals surface area contributed by atoms with Gasteiger partial charge in [0.1, 0.15) is 11.2 Å². The van der Waals surface area contributed by atoms with Crippen molar-refractivity contribution in [2.45, 2.75) is 0 Å². The van der Waals surface area contributed by atoms with Crippen molar-refractivity contribution in [2.75, 3.05) is 4.90 Å². The molecule has 0 saturated carbocycles. The number of hydrogen-bond acceptors (Lipinski definition) is 2. The van der Waals surface area contributed by atoms with Crippen LogP contribution in [0.1, 0.15) is 0 Å². The van der Waals surface area contributed by atoms with Crippen LogP contribution >= 0.6 is 0 Å². The van der Waals surface area contributed by atoms with Crippen molar-refractivity contribution >= 4 is 82.4 Å². The van der Waals surface area contributed by atoms with Gasteiger partial charge in [-0.3, -0.25) is 0 Å². The predicted octanol–water partition coefficient (Wildman–Crippen LogP) is 15.8. The molecule has 3 nitrogen and oxygen atoms in total. The second-order valence-electron chi connectivity index (χ2n) is 15.3. The Balaban J connectivity index is 0.988. The van der Waals surface area contributed by atoms with Crippen LogP contribution in [0.25, 0.3) is 93.2 Å². The smallest absolute Gasteiger partial charge is 0.137 e. The standard InChI is InChI=1S/C56H36N2O/c1-2-13-39(14-3-1)46-23-11-17-40-29-34-52-56(55(40)46)49-22-6-8-24-51(49)58(52)43-19-10-18-41(35-43)37-27-30-42(31-28-37)57(50-25-12-16-38-15-4-5-20-45(38)50)44-32-33-48-47-21-7-9-26-53(47)59-54(48)36-44/h1-36H. The van der Waals surface area contributed by atoms with Gasteiger partial charge in [0.25, 0.3) is 0 Å². The summed E-state index contributed by atoms with van der Waals surface area (Å²) in [6.07, 6.45) is 0. The fourth-order valence-corrected chi connectivity index (χ4v) is 9.29. The highest BCUT2D eigenvalue weighted by Crippen LogP contribution is 2.44. The lowest BCUT2D eigenvalue weighted by Crippen LogP contribution is -2.10. The number of benzene rings is 10. The Morgan fingerprint density at radius 3 is 1.93 bits per heavy atom. The van der Waals surface area contributed by atoms with Crippen molar-refractivity contribution in [2.24, 2.45) is 0 Å². The van der Waals surface area contributed by atoms with Gasteiger partial charge in [-0.05, 0) is 99.1 Å². The summed E-state index contributed by atoms with van der Waals surface area (Å²) in [7, 11) is 0. The normalized spacial score (nSPS) is 11.7. The van der Waals surface area contributed by atoms with Crippen molar-refractivity contribution < 1.29 is 4.42 Å². The number of para-hydroxylation sites is 2. The maximum Gasteiger partial charge on any atom is 0.137 e. The monoisotopic (exact) mass is 752 g/mol. The summed E-state index contributed by atoms with van der Waals surface area (Å²) < 4.78 is 8.82. The second-order valence-corrected chi connectivity index (χ2v) is 15.3. The maximum absolute atomic E-state index is 6.39. The quantitative estimate of drug-likeness (QED) is 0.169. The zero-order valence-electron chi connectivity index (χ0n) is 32.1. The number of rotatable bonds is 6. The first-order valence-electron chi connectivity index (χ1n) is 20.2. The van der Waals surface area contributed by atoms with Crippen LogP contribution in [0.4, 0.5) is 17.1 Å². The van der Waals surface area contributed by atoms with Gasteiger partial charge in [-0.25, -0.2) is 0 Å².